The fraction of sp³-hybridized carbons (Fsp3) is 0.222. The maximum absolute atomic E-state index is 12.8. The summed E-state index contributed by atoms with van der Waals surface area (Å²) in [4.78, 5) is 10.3. The molecule has 0 fully saturated rings. The summed E-state index contributed by atoms with van der Waals surface area (Å²) in [6.07, 6.45) is 0.398. The molecule has 1 rings (SSSR count). The molecule has 76 valence electrons. The fourth-order valence-corrected chi connectivity index (χ4v) is 1.55. The smallest absolute Gasteiger partial charge is 0.231 e. The van der Waals surface area contributed by atoms with Gasteiger partial charge in [0.05, 0.1) is 9.85 Å². The summed E-state index contributed by atoms with van der Waals surface area (Å²) in [5.41, 5.74) is 5.82. The molecular formula is C9H8BrClFNO. The van der Waals surface area contributed by atoms with Crippen LogP contribution >= 0.6 is 27.5 Å². The summed E-state index contributed by atoms with van der Waals surface area (Å²) < 4.78 is 12.8. The zero-order valence-corrected chi connectivity index (χ0v) is 9.48. The Morgan fingerprint density at radius 3 is 2.79 bits per heavy atom. The summed E-state index contributed by atoms with van der Waals surface area (Å²) in [6, 6.07) is 4.31. The number of benzene rings is 1. The van der Waals surface area contributed by atoms with E-state index in [0.29, 0.717) is 6.42 Å². The van der Waals surface area contributed by atoms with E-state index in [9.17, 15) is 9.18 Å². The van der Waals surface area contributed by atoms with E-state index < -0.39 is 16.6 Å². The Balaban J connectivity index is 2.78. The van der Waals surface area contributed by atoms with Gasteiger partial charge in [-0.1, -0.05) is 33.6 Å². The quantitative estimate of drug-likeness (QED) is 0.848. The lowest BCUT2D eigenvalue weighted by atomic mass is 10.1. The van der Waals surface area contributed by atoms with Crippen molar-refractivity contribution < 1.29 is 9.18 Å². The first-order chi connectivity index (χ1) is 6.50. The molecule has 1 aromatic rings. The van der Waals surface area contributed by atoms with Crippen molar-refractivity contribution in [2.45, 2.75) is 11.2 Å². The van der Waals surface area contributed by atoms with Gasteiger partial charge in [-0.05, 0) is 24.1 Å². The Bertz CT molecular complexity index is 359. The van der Waals surface area contributed by atoms with Gasteiger partial charge in [-0.2, -0.15) is 0 Å². The van der Waals surface area contributed by atoms with E-state index in [2.05, 4.69) is 15.9 Å². The van der Waals surface area contributed by atoms with Crippen LogP contribution in [0.25, 0.3) is 0 Å². The molecule has 0 aliphatic rings. The van der Waals surface area contributed by atoms with Gasteiger partial charge in [-0.25, -0.2) is 4.39 Å². The Kier molecular flexibility index (Phi) is 3.89. The minimum atomic E-state index is -0.472. The Hall–Kier alpha value is -0.610. The molecule has 0 radical (unpaired) electrons. The zero-order valence-electron chi connectivity index (χ0n) is 7.14. The van der Waals surface area contributed by atoms with Crippen LogP contribution in [-0.2, 0) is 11.2 Å². The SMILES string of the molecule is NC(=O)C(Br)Cc1ccc(F)c(Cl)c1. The largest absolute Gasteiger partial charge is 0.369 e. The Labute approximate surface area is 94.4 Å². The highest BCUT2D eigenvalue weighted by Gasteiger charge is 2.12. The molecule has 0 bridgehead atoms. The predicted molar refractivity (Wildman–Crippen MR) is 57.0 cm³/mol. The highest BCUT2D eigenvalue weighted by Crippen LogP contribution is 2.18. The van der Waals surface area contributed by atoms with E-state index in [0.717, 1.165) is 5.56 Å². The number of rotatable bonds is 3. The number of carbonyl (C=O) groups is 1. The van der Waals surface area contributed by atoms with Crippen molar-refractivity contribution >= 4 is 33.4 Å². The van der Waals surface area contributed by atoms with Gasteiger partial charge in [-0.15, -0.1) is 0 Å². The Morgan fingerprint density at radius 1 is 1.64 bits per heavy atom. The van der Waals surface area contributed by atoms with Crippen LogP contribution in [0.5, 0.6) is 0 Å². The molecule has 0 saturated heterocycles. The number of hydrogen-bond acceptors (Lipinski definition) is 1. The van der Waals surface area contributed by atoms with E-state index in [1.807, 2.05) is 0 Å². The predicted octanol–water partition coefficient (Wildman–Crippen LogP) is 2.27. The monoisotopic (exact) mass is 279 g/mol. The van der Waals surface area contributed by atoms with Crippen molar-refractivity contribution in [2.24, 2.45) is 5.73 Å². The van der Waals surface area contributed by atoms with Gasteiger partial charge < -0.3 is 5.73 Å². The lowest BCUT2D eigenvalue weighted by molar-refractivity contribution is -0.117. The molecule has 1 amide bonds. The van der Waals surface area contributed by atoms with Gasteiger partial charge in [0.1, 0.15) is 5.82 Å². The van der Waals surface area contributed by atoms with Crippen molar-refractivity contribution in [1.29, 1.82) is 0 Å². The molecule has 1 aromatic carbocycles. The summed E-state index contributed by atoms with van der Waals surface area (Å²) in [7, 11) is 0. The van der Waals surface area contributed by atoms with E-state index in [1.165, 1.54) is 12.1 Å². The number of alkyl halides is 1. The summed E-state index contributed by atoms with van der Waals surface area (Å²) in [5, 5.41) is 0.0478. The highest BCUT2D eigenvalue weighted by atomic mass is 79.9. The third kappa shape index (κ3) is 2.96. The van der Waals surface area contributed by atoms with E-state index in [-0.39, 0.29) is 5.02 Å². The molecular weight excluding hydrogens is 272 g/mol. The summed E-state index contributed by atoms with van der Waals surface area (Å²) >= 11 is 8.68. The first kappa shape index (κ1) is 11.5. The molecule has 2 N–H and O–H groups in total. The maximum atomic E-state index is 12.8. The molecule has 0 aliphatic carbocycles. The number of amides is 1. The van der Waals surface area contributed by atoms with Crippen LogP contribution < -0.4 is 5.73 Å². The average molecular weight is 281 g/mol. The first-order valence-corrected chi connectivity index (χ1v) is 5.17. The topological polar surface area (TPSA) is 43.1 Å². The molecule has 14 heavy (non-hydrogen) atoms. The van der Waals surface area contributed by atoms with Crippen LogP contribution in [-0.4, -0.2) is 10.7 Å². The van der Waals surface area contributed by atoms with Crippen molar-refractivity contribution in [1.82, 2.24) is 0 Å². The molecule has 2 nitrogen and oxygen atoms in total. The van der Waals surface area contributed by atoms with Gasteiger partial charge >= 0.3 is 0 Å². The fourth-order valence-electron chi connectivity index (χ4n) is 0.974. The highest BCUT2D eigenvalue weighted by molar-refractivity contribution is 9.10. The lowest BCUT2D eigenvalue weighted by Gasteiger charge is -2.05. The molecule has 1 atom stereocenters. The second-order valence-corrected chi connectivity index (χ2v) is 4.34. The number of hydrogen-bond donors (Lipinski definition) is 1. The molecule has 1 unspecified atom stereocenters. The second kappa shape index (κ2) is 4.75. The molecule has 0 spiro atoms. The zero-order chi connectivity index (χ0) is 10.7. The average Bonchev–Trinajstić information content (AvgIpc) is 2.11. The first-order valence-electron chi connectivity index (χ1n) is 3.88. The minimum absolute atomic E-state index is 0.0478. The number of carbonyl (C=O) groups excluding carboxylic acids is 1. The van der Waals surface area contributed by atoms with E-state index >= 15 is 0 Å². The van der Waals surface area contributed by atoms with Crippen LogP contribution in [0.4, 0.5) is 4.39 Å². The normalized spacial score (nSPS) is 12.5. The molecule has 0 heterocycles. The van der Waals surface area contributed by atoms with Crippen molar-refractivity contribution in [3.05, 3.63) is 34.6 Å². The minimum Gasteiger partial charge on any atom is -0.369 e. The van der Waals surface area contributed by atoms with Crippen LogP contribution in [0.15, 0.2) is 18.2 Å². The molecule has 0 aromatic heterocycles. The molecule has 5 heteroatoms. The van der Waals surface area contributed by atoms with E-state index in [4.69, 9.17) is 17.3 Å². The number of nitrogens with two attached hydrogens (primary N) is 1. The van der Waals surface area contributed by atoms with Crippen LogP contribution in [0.2, 0.25) is 5.02 Å². The van der Waals surface area contributed by atoms with Gasteiger partial charge in [0.2, 0.25) is 5.91 Å². The molecule has 0 aliphatic heterocycles. The third-order valence-electron chi connectivity index (χ3n) is 1.71. The number of primary amides is 1. The van der Waals surface area contributed by atoms with Crippen LogP contribution in [0.3, 0.4) is 0 Å². The van der Waals surface area contributed by atoms with Gasteiger partial charge in [-0.3, -0.25) is 4.79 Å². The summed E-state index contributed by atoms with van der Waals surface area (Å²) in [6.45, 7) is 0. The van der Waals surface area contributed by atoms with Crippen molar-refractivity contribution in [3.8, 4) is 0 Å². The van der Waals surface area contributed by atoms with Gasteiger partial charge in [0, 0.05) is 0 Å². The number of halogens is 3. The third-order valence-corrected chi connectivity index (χ3v) is 2.77. The van der Waals surface area contributed by atoms with Gasteiger partial charge in [0.25, 0.3) is 0 Å². The maximum Gasteiger partial charge on any atom is 0.231 e. The van der Waals surface area contributed by atoms with Crippen LogP contribution in [0, 0.1) is 5.82 Å². The summed E-state index contributed by atoms with van der Waals surface area (Å²) in [5.74, 6) is -0.925. The van der Waals surface area contributed by atoms with Crippen LogP contribution in [0.1, 0.15) is 5.56 Å². The molecule has 0 saturated carbocycles. The van der Waals surface area contributed by atoms with Crippen molar-refractivity contribution in [2.75, 3.05) is 0 Å². The Morgan fingerprint density at radius 2 is 2.29 bits per heavy atom. The standard InChI is InChI=1S/C9H8BrClFNO/c10-6(9(13)14)3-5-1-2-8(12)7(11)4-5/h1-2,4,6H,3H2,(H2,13,14). The van der Waals surface area contributed by atoms with E-state index in [1.54, 1.807) is 6.07 Å². The second-order valence-electron chi connectivity index (χ2n) is 2.82. The lowest BCUT2D eigenvalue weighted by Crippen LogP contribution is -2.24. The van der Waals surface area contributed by atoms with Crippen molar-refractivity contribution in [3.63, 3.8) is 0 Å². The van der Waals surface area contributed by atoms with Gasteiger partial charge in [0.15, 0.2) is 0 Å².